The molecule has 5 rings (SSSR count). The molecule has 2 aromatic heterocycles. The van der Waals surface area contributed by atoms with Crippen LogP contribution in [0.2, 0.25) is 5.02 Å². The monoisotopic (exact) mass is 548 g/mol. The molecule has 1 saturated heterocycles. The number of fused-ring (bicyclic) bond motifs is 1. The van der Waals surface area contributed by atoms with Crippen molar-refractivity contribution in [3.63, 3.8) is 0 Å². The molecule has 0 radical (unpaired) electrons. The Morgan fingerprint density at radius 2 is 1.91 bits per heavy atom. The molecular weight excluding hydrogens is 528 g/mol. The van der Waals surface area contributed by atoms with Crippen molar-refractivity contribution in [3.8, 4) is 17.3 Å². The van der Waals surface area contributed by atoms with Gasteiger partial charge in [-0.1, -0.05) is 29.8 Å². The Kier molecular flexibility index (Phi) is 6.71. The molecular formula is C26H22BrClN6O. The maximum absolute atomic E-state index is 12.8. The van der Waals surface area contributed by atoms with Crippen LogP contribution in [0.4, 0.5) is 5.82 Å². The average molecular weight is 550 g/mol. The number of likely N-dealkylation sites (tertiary alicyclic amines) is 1. The molecule has 3 heterocycles. The normalized spacial score (nSPS) is 14.1. The van der Waals surface area contributed by atoms with E-state index < -0.39 is 0 Å². The molecule has 1 aliphatic rings. The third-order valence-electron chi connectivity index (χ3n) is 6.31. The Labute approximate surface area is 216 Å². The first kappa shape index (κ1) is 23.3. The molecule has 1 amide bonds. The number of benzene rings is 2. The van der Waals surface area contributed by atoms with E-state index in [0.717, 1.165) is 40.9 Å². The first-order chi connectivity index (χ1) is 17.0. The minimum Gasteiger partial charge on any atom is -0.370 e. The molecule has 1 N–H and O–H groups in total. The highest BCUT2D eigenvalue weighted by atomic mass is 79.9. The van der Waals surface area contributed by atoms with Crippen molar-refractivity contribution in [2.24, 2.45) is 5.92 Å². The van der Waals surface area contributed by atoms with Gasteiger partial charge in [-0.15, -0.1) is 0 Å². The number of halogens is 2. The van der Waals surface area contributed by atoms with Crippen molar-refractivity contribution in [2.75, 3.05) is 25.0 Å². The zero-order valence-corrected chi connectivity index (χ0v) is 21.1. The van der Waals surface area contributed by atoms with Gasteiger partial charge in [-0.25, -0.2) is 4.98 Å². The van der Waals surface area contributed by atoms with Gasteiger partial charge in [0.05, 0.1) is 28.0 Å². The number of nitrogens with zero attached hydrogens (tertiary/aromatic N) is 5. The number of carbonyl (C=O) groups is 1. The maximum Gasteiger partial charge on any atom is 0.253 e. The molecule has 1 fully saturated rings. The summed E-state index contributed by atoms with van der Waals surface area (Å²) in [5.41, 5.74) is 3.53. The van der Waals surface area contributed by atoms with E-state index in [9.17, 15) is 4.79 Å². The molecule has 9 heteroatoms. The lowest BCUT2D eigenvalue weighted by Crippen LogP contribution is -2.40. The fourth-order valence-electron chi connectivity index (χ4n) is 4.33. The Morgan fingerprint density at radius 3 is 2.63 bits per heavy atom. The second-order valence-corrected chi connectivity index (χ2v) is 9.80. The summed E-state index contributed by atoms with van der Waals surface area (Å²) >= 11 is 9.97. The van der Waals surface area contributed by atoms with Crippen LogP contribution in [0.25, 0.3) is 16.9 Å². The number of anilines is 1. The fourth-order valence-corrected chi connectivity index (χ4v) is 4.91. The number of hydrogen-bond acceptors (Lipinski definition) is 5. The standard InChI is InChI=1S/C26H22BrClN6O/c27-21-16-31-34-24(13-23(32-25(21)34)20-3-1-2-4-22(20)28)30-15-18-9-11-33(12-10-18)26(35)19-7-5-17(14-29)6-8-19/h1-8,13,16,18,30H,9-12,15H2. The van der Waals surface area contributed by atoms with Crippen molar-refractivity contribution in [1.82, 2.24) is 19.5 Å². The number of aromatic nitrogens is 3. The number of amides is 1. The number of hydrogen-bond donors (Lipinski definition) is 1. The van der Waals surface area contributed by atoms with Crippen molar-refractivity contribution in [3.05, 3.63) is 81.4 Å². The summed E-state index contributed by atoms with van der Waals surface area (Å²) in [5.74, 6) is 1.28. The van der Waals surface area contributed by atoms with Crippen LogP contribution in [0.1, 0.15) is 28.8 Å². The van der Waals surface area contributed by atoms with Crippen molar-refractivity contribution < 1.29 is 4.79 Å². The molecule has 2 aromatic carbocycles. The molecule has 4 aromatic rings. The highest BCUT2D eigenvalue weighted by molar-refractivity contribution is 9.10. The second kappa shape index (κ2) is 10.1. The molecule has 7 nitrogen and oxygen atoms in total. The molecule has 0 aliphatic carbocycles. The Hall–Kier alpha value is -3.41. The minimum absolute atomic E-state index is 0.0162. The molecule has 0 bridgehead atoms. The lowest BCUT2D eigenvalue weighted by atomic mass is 9.96. The van der Waals surface area contributed by atoms with Crippen LogP contribution in [0.15, 0.2) is 65.3 Å². The lowest BCUT2D eigenvalue weighted by Gasteiger charge is -2.32. The Balaban J connectivity index is 1.27. The largest absolute Gasteiger partial charge is 0.370 e. The molecule has 35 heavy (non-hydrogen) atoms. The van der Waals surface area contributed by atoms with E-state index in [4.69, 9.17) is 21.8 Å². The van der Waals surface area contributed by atoms with Crippen LogP contribution in [0.3, 0.4) is 0 Å². The highest BCUT2D eigenvalue weighted by Gasteiger charge is 2.24. The molecule has 0 unspecified atom stereocenters. The van der Waals surface area contributed by atoms with Gasteiger partial charge in [-0.3, -0.25) is 4.79 Å². The zero-order valence-electron chi connectivity index (χ0n) is 18.8. The van der Waals surface area contributed by atoms with Gasteiger partial charge >= 0.3 is 0 Å². The Bertz CT molecular complexity index is 1420. The third-order valence-corrected chi connectivity index (χ3v) is 7.20. The maximum atomic E-state index is 12.8. The summed E-state index contributed by atoms with van der Waals surface area (Å²) in [7, 11) is 0. The minimum atomic E-state index is 0.0162. The van der Waals surface area contributed by atoms with E-state index in [1.54, 1.807) is 35.0 Å². The quantitative estimate of drug-likeness (QED) is 0.348. The molecule has 176 valence electrons. The van der Waals surface area contributed by atoms with Crippen LogP contribution < -0.4 is 5.32 Å². The predicted octanol–water partition coefficient (Wildman–Crippen LogP) is 5.65. The average Bonchev–Trinajstić information content (AvgIpc) is 3.28. The van der Waals surface area contributed by atoms with E-state index in [1.807, 2.05) is 35.2 Å². The highest BCUT2D eigenvalue weighted by Crippen LogP contribution is 2.30. The number of carbonyl (C=O) groups excluding carboxylic acids is 1. The molecule has 1 aliphatic heterocycles. The first-order valence-electron chi connectivity index (χ1n) is 11.4. The van der Waals surface area contributed by atoms with E-state index >= 15 is 0 Å². The van der Waals surface area contributed by atoms with Crippen LogP contribution in [-0.4, -0.2) is 45.0 Å². The molecule has 0 atom stereocenters. The number of nitrogens with one attached hydrogen (secondary N) is 1. The van der Waals surface area contributed by atoms with E-state index in [0.29, 0.717) is 40.8 Å². The zero-order chi connectivity index (χ0) is 24.4. The molecule has 0 saturated carbocycles. The van der Waals surface area contributed by atoms with Gasteiger partial charge in [0.1, 0.15) is 5.82 Å². The van der Waals surface area contributed by atoms with E-state index in [-0.39, 0.29) is 5.91 Å². The fraction of sp³-hybridized carbons (Fsp3) is 0.231. The first-order valence-corrected chi connectivity index (χ1v) is 12.5. The van der Waals surface area contributed by atoms with Gasteiger partial charge in [-0.2, -0.15) is 14.9 Å². The van der Waals surface area contributed by atoms with Crippen molar-refractivity contribution in [2.45, 2.75) is 12.8 Å². The predicted molar refractivity (Wildman–Crippen MR) is 139 cm³/mol. The number of nitriles is 1. The van der Waals surface area contributed by atoms with E-state index in [2.05, 4.69) is 32.4 Å². The van der Waals surface area contributed by atoms with Gasteiger partial charge in [0.15, 0.2) is 5.65 Å². The number of piperidine rings is 1. The Morgan fingerprint density at radius 1 is 1.17 bits per heavy atom. The lowest BCUT2D eigenvalue weighted by molar-refractivity contribution is 0.0695. The van der Waals surface area contributed by atoms with Crippen molar-refractivity contribution in [1.29, 1.82) is 5.26 Å². The van der Waals surface area contributed by atoms with Crippen LogP contribution >= 0.6 is 27.5 Å². The third kappa shape index (κ3) is 4.88. The SMILES string of the molecule is N#Cc1ccc(C(=O)N2CCC(CNc3cc(-c4ccccc4Cl)nc4c(Br)cnn34)CC2)cc1. The second-order valence-electron chi connectivity index (χ2n) is 8.54. The van der Waals surface area contributed by atoms with Gasteiger partial charge < -0.3 is 10.2 Å². The van der Waals surface area contributed by atoms with Crippen LogP contribution in [-0.2, 0) is 0 Å². The summed E-state index contributed by atoms with van der Waals surface area (Å²) in [6, 6.07) is 18.5. The van der Waals surface area contributed by atoms with Gasteiger partial charge in [-0.05, 0) is 65.0 Å². The van der Waals surface area contributed by atoms with Gasteiger partial charge in [0, 0.05) is 41.9 Å². The summed E-state index contributed by atoms with van der Waals surface area (Å²) in [6.07, 6.45) is 3.55. The van der Waals surface area contributed by atoms with Crippen LogP contribution in [0.5, 0.6) is 0 Å². The van der Waals surface area contributed by atoms with Gasteiger partial charge in [0.2, 0.25) is 0 Å². The summed E-state index contributed by atoms with van der Waals surface area (Å²) in [6.45, 7) is 2.17. The summed E-state index contributed by atoms with van der Waals surface area (Å²) in [4.78, 5) is 19.5. The smallest absolute Gasteiger partial charge is 0.253 e. The van der Waals surface area contributed by atoms with Gasteiger partial charge in [0.25, 0.3) is 5.91 Å². The van der Waals surface area contributed by atoms with Crippen LogP contribution in [0, 0.1) is 17.2 Å². The number of rotatable bonds is 5. The van der Waals surface area contributed by atoms with Crippen molar-refractivity contribution >= 4 is 44.9 Å². The topological polar surface area (TPSA) is 86.3 Å². The summed E-state index contributed by atoms with van der Waals surface area (Å²) in [5, 5.41) is 17.6. The summed E-state index contributed by atoms with van der Waals surface area (Å²) < 4.78 is 2.60. The molecule has 0 spiro atoms. The van der Waals surface area contributed by atoms with E-state index in [1.165, 1.54) is 0 Å².